The van der Waals surface area contributed by atoms with E-state index in [2.05, 4.69) is 217 Å². The first kappa shape index (κ1) is 31.1. The van der Waals surface area contributed by atoms with Gasteiger partial charge < -0.3 is 9.47 Å². The van der Waals surface area contributed by atoms with Gasteiger partial charge in [0.05, 0.1) is 11.0 Å². The summed E-state index contributed by atoms with van der Waals surface area (Å²) in [6.45, 7) is 4.71. The molecular formula is C51H38N2. The van der Waals surface area contributed by atoms with Gasteiger partial charge in [-0.1, -0.05) is 153 Å². The number of benzene rings is 8. The summed E-state index contributed by atoms with van der Waals surface area (Å²) in [4.78, 5) is 2.41. The maximum absolute atomic E-state index is 2.44. The number of anilines is 3. The molecular weight excluding hydrogens is 641 g/mol. The zero-order chi connectivity index (χ0) is 35.5. The molecule has 9 aromatic rings. The summed E-state index contributed by atoms with van der Waals surface area (Å²) >= 11 is 0. The molecule has 0 radical (unpaired) electrons. The van der Waals surface area contributed by atoms with Crippen molar-refractivity contribution in [3.8, 4) is 39.1 Å². The van der Waals surface area contributed by atoms with E-state index in [0.29, 0.717) is 0 Å². The molecule has 10 rings (SSSR count). The van der Waals surface area contributed by atoms with Crippen LogP contribution in [-0.2, 0) is 5.41 Å². The van der Waals surface area contributed by atoms with Crippen LogP contribution in [-0.4, -0.2) is 4.57 Å². The fraction of sp³-hybridized carbons (Fsp3) is 0.0588. The van der Waals surface area contributed by atoms with E-state index in [9.17, 15) is 0 Å². The van der Waals surface area contributed by atoms with Crippen LogP contribution in [0.15, 0.2) is 194 Å². The fourth-order valence-corrected chi connectivity index (χ4v) is 8.72. The minimum Gasteiger partial charge on any atom is -0.310 e. The number of aromatic nitrogens is 1. The molecule has 8 aromatic carbocycles. The average molecular weight is 679 g/mol. The molecule has 0 spiro atoms. The predicted molar refractivity (Wildman–Crippen MR) is 224 cm³/mol. The van der Waals surface area contributed by atoms with Crippen LogP contribution in [0.25, 0.3) is 60.9 Å². The van der Waals surface area contributed by atoms with E-state index in [1.807, 2.05) is 0 Å². The van der Waals surface area contributed by atoms with Gasteiger partial charge in [-0.15, -0.1) is 0 Å². The number of hydrogen-bond donors (Lipinski definition) is 0. The minimum atomic E-state index is -0.0968. The van der Waals surface area contributed by atoms with E-state index in [4.69, 9.17) is 0 Å². The van der Waals surface area contributed by atoms with Gasteiger partial charge >= 0.3 is 0 Å². The maximum atomic E-state index is 2.44. The van der Waals surface area contributed by atoms with Crippen molar-refractivity contribution in [1.82, 2.24) is 4.57 Å². The monoisotopic (exact) mass is 678 g/mol. The highest BCUT2D eigenvalue weighted by molar-refractivity contribution is 6.17. The SMILES string of the molecule is CC1(C)c2ccccc2-c2ccc(N(c3ccccc3)c3ccc4c5c(-c6ccccc6-c6ccccc6)cccc5n(-c5ccccc5)c4c3)cc21. The Morgan fingerprint density at radius 2 is 0.981 bits per heavy atom. The lowest BCUT2D eigenvalue weighted by molar-refractivity contribution is 0.660. The first-order valence-corrected chi connectivity index (χ1v) is 18.4. The van der Waals surface area contributed by atoms with E-state index < -0.39 is 0 Å². The minimum absolute atomic E-state index is 0.0968. The van der Waals surface area contributed by atoms with Crippen molar-refractivity contribution in [1.29, 1.82) is 0 Å². The van der Waals surface area contributed by atoms with Crippen molar-refractivity contribution in [3.05, 3.63) is 205 Å². The zero-order valence-electron chi connectivity index (χ0n) is 29.9. The van der Waals surface area contributed by atoms with Gasteiger partial charge in [0.2, 0.25) is 0 Å². The van der Waals surface area contributed by atoms with E-state index >= 15 is 0 Å². The van der Waals surface area contributed by atoms with Crippen LogP contribution in [0.3, 0.4) is 0 Å². The van der Waals surface area contributed by atoms with Crippen LogP contribution in [0.2, 0.25) is 0 Å². The molecule has 0 saturated carbocycles. The summed E-state index contributed by atoms with van der Waals surface area (Å²) in [5.74, 6) is 0. The molecule has 0 atom stereocenters. The lowest BCUT2D eigenvalue weighted by atomic mass is 9.82. The van der Waals surface area contributed by atoms with Crippen molar-refractivity contribution in [2.75, 3.05) is 4.90 Å². The summed E-state index contributed by atoms with van der Waals surface area (Å²) in [5.41, 5.74) is 17.1. The highest BCUT2D eigenvalue weighted by Crippen LogP contribution is 2.51. The lowest BCUT2D eigenvalue weighted by Gasteiger charge is -2.28. The molecule has 1 heterocycles. The smallest absolute Gasteiger partial charge is 0.0562 e. The average Bonchev–Trinajstić information content (AvgIpc) is 3.67. The number of rotatable bonds is 6. The molecule has 0 unspecified atom stereocenters. The van der Waals surface area contributed by atoms with Gasteiger partial charge in [0, 0.05) is 38.9 Å². The maximum Gasteiger partial charge on any atom is 0.0562 e. The van der Waals surface area contributed by atoms with Crippen molar-refractivity contribution in [2.24, 2.45) is 0 Å². The van der Waals surface area contributed by atoms with Crippen LogP contribution in [0, 0.1) is 0 Å². The Balaban J connectivity index is 1.22. The Morgan fingerprint density at radius 3 is 1.75 bits per heavy atom. The highest BCUT2D eigenvalue weighted by Gasteiger charge is 2.35. The van der Waals surface area contributed by atoms with Crippen LogP contribution in [0.1, 0.15) is 25.0 Å². The molecule has 1 aliphatic rings. The lowest BCUT2D eigenvalue weighted by Crippen LogP contribution is -2.16. The van der Waals surface area contributed by atoms with Gasteiger partial charge in [0.15, 0.2) is 0 Å². The van der Waals surface area contributed by atoms with Crippen LogP contribution >= 0.6 is 0 Å². The Bertz CT molecular complexity index is 2790. The van der Waals surface area contributed by atoms with Crippen molar-refractivity contribution < 1.29 is 0 Å². The number of para-hydroxylation sites is 2. The normalized spacial score (nSPS) is 12.9. The van der Waals surface area contributed by atoms with Gasteiger partial charge in [0.1, 0.15) is 0 Å². The number of fused-ring (bicyclic) bond motifs is 6. The van der Waals surface area contributed by atoms with E-state index in [-0.39, 0.29) is 5.41 Å². The molecule has 0 aliphatic heterocycles. The van der Waals surface area contributed by atoms with Gasteiger partial charge in [-0.3, -0.25) is 0 Å². The van der Waals surface area contributed by atoms with Gasteiger partial charge in [-0.25, -0.2) is 0 Å². The van der Waals surface area contributed by atoms with Gasteiger partial charge in [-0.2, -0.15) is 0 Å². The summed E-state index contributed by atoms with van der Waals surface area (Å²) in [6.07, 6.45) is 0. The second-order valence-corrected chi connectivity index (χ2v) is 14.6. The Labute approximate surface area is 310 Å². The van der Waals surface area contributed by atoms with Crippen LogP contribution < -0.4 is 4.90 Å². The molecule has 0 saturated heterocycles. The summed E-state index contributed by atoms with van der Waals surface area (Å²) < 4.78 is 2.44. The summed E-state index contributed by atoms with van der Waals surface area (Å²) in [5, 5.41) is 2.48. The highest BCUT2D eigenvalue weighted by atomic mass is 15.1. The zero-order valence-corrected chi connectivity index (χ0v) is 29.9. The van der Waals surface area contributed by atoms with Crippen molar-refractivity contribution in [2.45, 2.75) is 19.3 Å². The number of hydrogen-bond acceptors (Lipinski definition) is 1. The van der Waals surface area contributed by atoms with Crippen molar-refractivity contribution >= 4 is 38.9 Å². The first-order chi connectivity index (χ1) is 26.1. The predicted octanol–water partition coefficient (Wildman–Crippen LogP) is 13.9. The second kappa shape index (κ2) is 12.3. The Morgan fingerprint density at radius 1 is 0.396 bits per heavy atom. The molecule has 252 valence electrons. The standard InChI is InChI=1S/C51H38N2/c1-51(2)46-27-15-14-25-42(46)43-31-29-38(33-47(43)51)52(36-19-8-4-9-20-36)39-30-32-45-49(34-39)53(37-21-10-5-11-22-37)48-28-16-26-44(50(45)48)41-24-13-12-23-40(41)35-17-6-3-7-18-35/h3-34H,1-2H3. The molecule has 0 fully saturated rings. The Kier molecular flexibility index (Phi) is 7.19. The van der Waals surface area contributed by atoms with E-state index in [1.54, 1.807) is 0 Å². The summed E-state index contributed by atoms with van der Waals surface area (Å²) in [7, 11) is 0. The number of nitrogens with zero attached hydrogens (tertiary/aromatic N) is 2. The third-order valence-corrected chi connectivity index (χ3v) is 11.2. The topological polar surface area (TPSA) is 8.17 Å². The van der Waals surface area contributed by atoms with Crippen molar-refractivity contribution in [3.63, 3.8) is 0 Å². The molecule has 2 nitrogen and oxygen atoms in total. The Hall–Kier alpha value is -6.64. The molecule has 1 aliphatic carbocycles. The second-order valence-electron chi connectivity index (χ2n) is 14.6. The van der Waals surface area contributed by atoms with Crippen LogP contribution in [0.5, 0.6) is 0 Å². The van der Waals surface area contributed by atoms with E-state index in [1.165, 1.54) is 66.3 Å². The molecule has 1 aromatic heterocycles. The van der Waals surface area contributed by atoms with Gasteiger partial charge in [0.25, 0.3) is 0 Å². The molecule has 0 bridgehead atoms. The molecule has 0 N–H and O–H groups in total. The quantitative estimate of drug-likeness (QED) is 0.170. The largest absolute Gasteiger partial charge is 0.310 e. The van der Waals surface area contributed by atoms with Gasteiger partial charge in [-0.05, 0) is 99.1 Å². The summed E-state index contributed by atoms with van der Waals surface area (Å²) in [6, 6.07) is 70.8. The molecule has 2 heteroatoms. The molecule has 0 amide bonds. The third kappa shape index (κ3) is 4.94. The van der Waals surface area contributed by atoms with Crippen LogP contribution in [0.4, 0.5) is 17.1 Å². The third-order valence-electron chi connectivity index (χ3n) is 11.2. The first-order valence-electron chi connectivity index (χ1n) is 18.4. The fourth-order valence-electron chi connectivity index (χ4n) is 8.72. The van der Waals surface area contributed by atoms with E-state index in [0.717, 1.165) is 22.7 Å². The molecule has 53 heavy (non-hydrogen) atoms.